The molecule has 0 aliphatic rings. The molecule has 0 radical (unpaired) electrons. The van der Waals surface area contributed by atoms with Crippen LogP contribution in [0.1, 0.15) is 16.7 Å². The van der Waals surface area contributed by atoms with Crippen LogP contribution in [-0.4, -0.2) is 14.4 Å². The van der Waals surface area contributed by atoms with Gasteiger partial charge in [-0.3, -0.25) is 0 Å². The SMILES string of the molecule is COc1ccc([PH+](c2ccccc2)c2ccccc2)cc1.FC(F)(F)c1cccc(OB(Oc2cccc(C(F)(F)F)c2)Oc2cccc(C(F)(F)F)c2)c1. The molecule has 0 saturated heterocycles. The van der Waals surface area contributed by atoms with E-state index in [0.717, 1.165) is 60.3 Å². The van der Waals surface area contributed by atoms with Crippen LogP contribution in [0.25, 0.3) is 0 Å². The molecule has 0 bridgehead atoms. The molecule has 15 heteroatoms. The fourth-order valence-corrected chi connectivity index (χ4v) is 7.66. The molecule has 6 rings (SSSR count). The van der Waals surface area contributed by atoms with Gasteiger partial charge in [-0.1, -0.05) is 54.6 Å². The summed E-state index contributed by atoms with van der Waals surface area (Å²) in [5.41, 5.74) is -3.33. The van der Waals surface area contributed by atoms with Gasteiger partial charge in [0.25, 0.3) is 0 Å². The minimum Gasteiger partial charge on any atom is -0.497 e. The summed E-state index contributed by atoms with van der Waals surface area (Å²) in [5.74, 6) is -0.474. The lowest BCUT2D eigenvalue weighted by Crippen LogP contribution is -2.37. The van der Waals surface area contributed by atoms with Gasteiger partial charge in [-0.2, -0.15) is 39.5 Å². The fourth-order valence-electron chi connectivity index (χ4n) is 5.11. The van der Waals surface area contributed by atoms with Crippen LogP contribution in [-0.2, 0) is 18.5 Å². The van der Waals surface area contributed by atoms with Gasteiger partial charge in [0, 0.05) is 0 Å². The molecule has 0 N–H and O–H groups in total. The average Bonchev–Trinajstić information content (AvgIpc) is 3.16. The van der Waals surface area contributed by atoms with E-state index in [9.17, 15) is 39.5 Å². The van der Waals surface area contributed by atoms with Gasteiger partial charge >= 0.3 is 25.9 Å². The summed E-state index contributed by atoms with van der Waals surface area (Å²) in [6.07, 6.45) is -14.2. The average molecular weight is 787 g/mol. The van der Waals surface area contributed by atoms with Crippen LogP contribution in [0.15, 0.2) is 158 Å². The largest absolute Gasteiger partial charge is 0.864 e. The van der Waals surface area contributed by atoms with Crippen molar-refractivity contribution in [3.8, 4) is 23.0 Å². The molecule has 0 spiro atoms. The van der Waals surface area contributed by atoms with Crippen molar-refractivity contribution in [2.75, 3.05) is 7.11 Å². The molecular weight excluding hydrogens is 757 g/mol. The lowest BCUT2D eigenvalue weighted by Gasteiger charge is -2.18. The summed E-state index contributed by atoms with van der Waals surface area (Å²) in [6, 6.07) is 40.1. The topological polar surface area (TPSA) is 36.9 Å². The highest BCUT2D eigenvalue weighted by atomic mass is 31.1. The van der Waals surface area contributed by atoms with Gasteiger partial charge in [-0.15, -0.1) is 0 Å². The van der Waals surface area contributed by atoms with Gasteiger partial charge in [-0.25, -0.2) is 0 Å². The molecule has 0 atom stereocenters. The molecule has 6 aromatic carbocycles. The number of hydrogen-bond donors (Lipinski definition) is 0. The second-order valence-corrected chi connectivity index (χ2v) is 14.0. The Morgan fingerprint density at radius 1 is 0.382 bits per heavy atom. The maximum atomic E-state index is 13.0. The first-order valence-electron chi connectivity index (χ1n) is 16.2. The van der Waals surface area contributed by atoms with Crippen molar-refractivity contribution in [3.63, 3.8) is 0 Å². The highest BCUT2D eigenvalue weighted by Crippen LogP contribution is 2.35. The Morgan fingerprint density at radius 2 is 0.709 bits per heavy atom. The van der Waals surface area contributed by atoms with Crippen LogP contribution < -0.4 is 34.6 Å². The third-order valence-corrected chi connectivity index (χ3v) is 10.4. The molecule has 4 nitrogen and oxygen atoms in total. The predicted octanol–water partition coefficient (Wildman–Crippen LogP) is 10.5. The summed E-state index contributed by atoms with van der Waals surface area (Å²) < 4.78 is 138. The van der Waals surface area contributed by atoms with Gasteiger partial charge in [0.15, 0.2) is 0 Å². The first-order chi connectivity index (χ1) is 26.1. The molecular formula is C40H30BF9O4P+. The van der Waals surface area contributed by atoms with Crippen LogP contribution in [0.5, 0.6) is 23.0 Å². The zero-order valence-electron chi connectivity index (χ0n) is 28.6. The Morgan fingerprint density at radius 3 is 1.02 bits per heavy atom. The van der Waals surface area contributed by atoms with E-state index >= 15 is 0 Å². The Bertz CT molecular complexity index is 1930. The lowest BCUT2D eigenvalue weighted by atomic mass is 10.1. The molecule has 0 aromatic heterocycles. The number of benzene rings is 6. The highest BCUT2D eigenvalue weighted by molar-refractivity contribution is 7.79. The van der Waals surface area contributed by atoms with E-state index < -0.39 is 67.7 Å². The summed E-state index contributed by atoms with van der Waals surface area (Å²) in [7, 11) is -1.30. The summed E-state index contributed by atoms with van der Waals surface area (Å²) >= 11 is 0. The van der Waals surface area contributed by atoms with E-state index in [2.05, 4.69) is 72.8 Å². The minimum atomic E-state index is -4.74. The smallest absolute Gasteiger partial charge is 0.497 e. The third-order valence-electron chi connectivity index (χ3n) is 7.68. The highest BCUT2D eigenvalue weighted by Gasteiger charge is 2.36. The molecule has 6 aromatic rings. The standard InChI is InChI=1S/C21H12BF9O3.C19H17OP/c23-19(24,25)13-4-1-7-16(10-13)32-22(33-17-8-2-5-14(11-17)20(26,27)28)34-18-9-3-6-15(12-18)21(29,30)31;1-20-16-12-14-19(15-13-16)21(17-8-4-2-5-9-17)18-10-6-3-7-11-18/h1-12H;2-15H,1H3/p+1. The zero-order valence-corrected chi connectivity index (χ0v) is 29.6. The van der Waals surface area contributed by atoms with E-state index in [4.69, 9.17) is 18.7 Å². The van der Waals surface area contributed by atoms with Gasteiger partial charge in [-0.05, 0) is 103 Å². The molecule has 55 heavy (non-hydrogen) atoms. The Balaban J connectivity index is 0.000000235. The Kier molecular flexibility index (Phi) is 13.0. The maximum absolute atomic E-state index is 13.0. The predicted molar refractivity (Wildman–Crippen MR) is 195 cm³/mol. The first-order valence-corrected chi connectivity index (χ1v) is 17.7. The molecule has 284 valence electrons. The van der Waals surface area contributed by atoms with Crippen LogP contribution in [0.3, 0.4) is 0 Å². The van der Waals surface area contributed by atoms with Crippen molar-refractivity contribution in [2.45, 2.75) is 18.5 Å². The van der Waals surface area contributed by atoms with Crippen molar-refractivity contribution in [2.24, 2.45) is 0 Å². The monoisotopic (exact) mass is 787 g/mol. The van der Waals surface area contributed by atoms with E-state index in [1.165, 1.54) is 15.9 Å². The molecule has 0 amide bonds. The number of alkyl halides is 9. The summed E-state index contributed by atoms with van der Waals surface area (Å²) in [4.78, 5) is 0. The minimum absolute atomic E-state index is 0.459. The zero-order chi connectivity index (χ0) is 39.6. The normalized spacial score (nSPS) is 11.6. The quantitative estimate of drug-likeness (QED) is 0.0787. The van der Waals surface area contributed by atoms with E-state index in [-0.39, 0.29) is 0 Å². The fraction of sp³-hybridized carbons (Fsp3) is 0.100. The van der Waals surface area contributed by atoms with Gasteiger partial charge in [0.2, 0.25) is 0 Å². The summed E-state index contributed by atoms with van der Waals surface area (Å²) in [6.45, 7) is 0. The number of methoxy groups -OCH3 is 1. The van der Waals surface area contributed by atoms with Crippen molar-refractivity contribution >= 4 is 31.2 Å². The van der Waals surface area contributed by atoms with Crippen LogP contribution >= 0.6 is 7.92 Å². The van der Waals surface area contributed by atoms with Gasteiger partial charge in [0.05, 0.1) is 31.7 Å². The van der Waals surface area contributed by atoms with Crippen molar-refractivity contribution in [1.29, 1.82) is 0 Å². The Labute approximate surface area is 312 Å². The van der Waals surface area contributed by atoms with Crippen molar-refractivity contribution in [3.05, 3.63) is 174 Å². The van der Waals surface area contributed by atoms with E-state index in [1.54, 1.807) is 7.11 Å². The van der Waals surface area contributed by atoms with E-state index in [1.807, 2.05) is 12.1 Å². The molecule has 0 aliphatic carbocycles. The van der Waals surface area contributed by atoms with Crippen LogP contribution in [0.2, 0.25) is 0 Å². The molecule has 0 aliphatic heterocycles. The number of rotatable bonds is 10. The van der Waals surface area contributed by atoms with Gasteiger partial charge < -0.3 is 18.7 Å². The number of hydrogen-bond acceptors (Lipinski definition) is 4. The molecule has 0 saturated carbocycles. The Hall–Kier alpha value is -5.62. The lowest BCUT2D eigenvalue weighted by molar-refractivity contribution is -0.138. The summed E-state index contributed by atoms with van der Waals surface area (Å²) in [5, 5.41) is 4.18. The molecule has 0 fully saturated rings. The number of ether oxygens (including phenoxy) is 1. The second kappa shape index (κ2) is 17.7. The van der Waals surface area contributed by atoms with Crippen LogP contribution in [0.4, 0.5) is 39.5 Å². The number of halogens is 9. The van der Waals surface area contributed by atoms with Crippen LogP contribution in [0, 0.1) is 0 Å². The second-order valence-electron chi connectivity index (χ2n) is 11.6. The van der Waals surface area contributed by atoms with E-state index in [0.29, 0.717) is 18.2 Å². The van der Waals surface area contributed by atoms with Crippen molar-refractivity contribution in [1.82, 2.24) is 0 Å². The van der Waals surface area contributed by atoms with Gasteiger partial charge in [0.1, 0.15) is 38.9 Å². The molecule has 0 heterocycles. The molecule has 0 unspecified atom stereocenters. The third kappa shape index (κ3) is 11.7. The first kappa shape index (κ1) is 40.6. The maximum Gasteiger partial charge on any atom is 0.864 e. The van der Waals surface area contributed by atoms with Crippen molar-refractivity contribution < 1.29 is 58.2 Å².